The van der Waals surface area contributed by atoms with Crippen LogP contribution in [0, 0.1) is 5.92 Å². The van der Waals surface area contributed by atoms with Gasteiger partial charge < -0.3 is 9.47 Å². The summed E-state index contributed by atoms with van der Waals surface area (Å²) >= 11 is 0. The zero-order valence-electron chi connectivity index (χ0n) is 13.8. The number of ether oxygens (including phenoxy) is 2. The van der Waals surface area contributed by atoms with E-state index >= 15 is 0 Å². The van der Waals surface area contributed by atoms with Gasteiger partial charge in [0.25, 0.3) is 0 Å². The summed E-state index contributed by atoms with van der Waals surface area (Å²) < 4.78 is 11.9. The molecule has 1 atom stereocenters. The summed E-state index contributed by atoms with van der Waals surface area (Å²) in [5.41, 5.74) is 3.29. The number of hydrogen-bond acceptors (Lipinski definition) is 3. The van der Waals surface area contributed by atoms with Crippen molar-refractivity contribution < 1.29 is 9.47 Å². The molecule has 3 nitrogen and oxygen atoms in total. The first-order valence-electron chi connectivity index (χ1n) is 8.19. The third-order valence-electron chi connectivity index (χ3n) is 4.06. The van der Waals surface area contributed by atoms with E-state index in [1.165, 1.54) is 6.42 Å². The van der Waals surface area contributed by atoms with Crippen molar-refractivity contribution in [2.45, 2.75) is 32.8 Å². The molecular formula is C20H23NO2. The van der Waals surface area contributed by atoms with E-state index < -0.39 is 0 Å². The standard InChI is InChI=1S/C20H23NO2/c1-4-19-18-13-21-10-9-16(18)17-8-7-15(12-20(17)23-19)22-11-5-6-14(2)3/h4,7-10,12-14,19H,1,5-6,11H2,2-3H3. The first-order valence-corrected chi connectivity index (χ1v) is 8.19. The van der Waals surface area contributed by atoms with Crippen LogP contribution in [0.15, 0.2) is 49.3 Å². The maximum atomic E-state index is 6.05. The third kappa shape index (κ3) is 3.39. The lowest BCUT2D eigenvalue weighted by molar-refractivity contribution is 0.248. The average molecular weight is 309 g/mol. The summed E-state index contributed by atoms with van der Waals surface area (Å²) in [6.07, 6.45) is 7.55. The van der Waals surface area contributed by atoms with Crippen molar-refractivity contribution in [3.63, 3.8) is 0 Å². The Bertz CT molecular complexity index is 694. The van der Waals surface area contributed by atoms with Crippen LogP contribution < -0.4 is 9.47 Å². The average Bonchev–Trinajstić information content (AvgIpc) is 2.57. The van der Waals surface area contributed by atoms with Gasteiger partial charge in [-0.25, -0.2) is 0 Å². The molecule has 0 radical (unpaired) electrons. The molecule has 3 heteroatoms. The number of hydrogen-bond donors (Lipinski definition) is 0. The van der Waals surface area contributed by atoms with Crippen molar-refractivity contribution in [2.24, 2.45) is 5.92 Å². The number of pyridine rings is 1. The minimum absolute atomic E-state index is 0.164. The van der Waals surface area contributed by atoms with Gasteiger partial charge >= 0.3 is 0 Å². The first kappa shape index (κ1) is 15.6. The zero-order valence-corrected chi connectivity index (χ0v) is 13.8. The number of benzene rings is 1. The Kier molecular flexibility index (Phi) is 4.65. The largest absolute Gasteiger partial charge is 0.493 e. The van der Waals surface area contributed by atoms with Crippen molar-refractivity contribution in [1.82, 2.24) is 4.98 Å². The van der Waals surface area contributed by atoms with Gasteiger partial charge in [-0.05, 0) is 48.6 Å². The summed E-state index contributed by atoms with van der Waals surface area (Å²) in [4.78, 5) is 4.20. The monoisotopic (exact) mass is 309 g/mol. The highest BCUT2D eigenvalue weighted by Gasteiger charge is 2.24. The van der Waals surface area contributed by atoms with E-state index in [9.17, 15) is 0 Å². The molecule has 23 heavy (non-hydrogen) atoms. The third-order valence-corrected chi connectivity index (χ3v) is 4.06. The molecule has 1 aliphatic rings. The minimum Gasteiger partial charge on any atom is -0.493 e. The Hall–Kier alpha value is -2.29. The van der Waals surface area contributed by atoms with Crippen LogP contribution in [0.25, 0.3) is 11.1 Å². The number of nitrogens with zero attached hydrogens (tertiary/aromatic N) is 1. The van der Waals surface area contributed by atoms with Crippen LogP contribution in [-0.2, 0) is 0 Å². The second-order valence-electron chi connectivity index (χ2n) is 6.28. The molecule has 0 spiro atoms. The summed E-state index contributed by atoms with van der Waals surface area (Å²) in [5.74, 6) is 2.41. The van der Waals surface area contributed by atoms with Crippen LogP contribution >= 0.6 is 0 Å². The minimum atomic E-state index is -0.164. The van der Waals surface area contributed by atoms with Crippen LogP contribution in [0.4, 0.5) is 0 Å². The van der Waals surface area contributed by atoms with Crippen LogP contribution in [0.5, 0.6) is 11.5 Å². The molecule has 0 aliphatic carbocycles. The highest BCUT2D eigenvalue weighted by Crippen LogP contribution is 2.43. The molecule has 1 aromatic heterocycles. The molecular weight excluding hydrogens is 286 g/mol. The molecule has 0 saturated carbocycles. The Morgan fingerprint density at radius 3 is 2.96 bits per heavy atom. The fraction of sp³-hybridized carbons (Fsp3) is 0.350. The first-order chi connectivity index (χ1) is 11.2. The Labute approximate surface area is 138 Å². The molecule has 0 saturated heterocycles. The van der Waals surface area contributed by atoms with E-state index in [0.29, 0.717) is 5.92 Å². The lowest BCUT2D eigenvalue weighted by atomic mass is 9.94. The topological polar surface area (TPSA) is 31.4 Å². The van der Waals surface area contributed by atoms with Gasteiger partial charge in [0, 0.05) is 29.6 Å². The number of fused-ring (bicyclic) bond motifs is 3. The van der Waals surface area contributed by atoms with Crippen molar-refractivity contribution in [3.05, 3.63) is 54.9 Å². The van der Waals surface area contributed by atoms with E-state index in [2.05, 4.69) is 31.5 Å². The predicted octanol–water partition coefficient (Wildman–Crippen LogP) is 5.18. The highest BCUT2D eigenvalue weighted by molar-refractivity contribution is 5.76. The number of aromatic nitrogens is 1. The molecule has 2 heterocycles. The number of rotatable bonds is 6. The van der Waals surface area contributed by atoms with Gasteiger partial charge in [0.15, 0.2) is 0 Å². The second kappa shape index (κ2) is 6.86. The Balaban J connectivity index is 1.80. The zero-order chi connectivity index (χ0) is 16.2. The van der Waals surface area contributed by atoms with E-state index in [-0.39, 0.29) is 6.10 Å². The van der Waals surface area contributed by atoms with Crippen molar-refractivity contribution >= 4 is 0 Å². The maximum absolute atomic E-state index is 6.05. The normalized spacial score (nSPS) is 15.5. The molecule has 1 unspecified atom stereocenters. The van der Waals surface area contributed by atoms with Crippen molar-refractivity contribution in [1.29, 1.82) is 0 Å². The van der Waals surface area contributed by atoms with Gasteiger partial charge in [-0.15, -0.1) is 0 Å². The second-order valence-corrected chi connectivity index (χ2v) is 6.28. The Morgan fingerprint density at radius 2 is 2.17 bits per heavy atom. The van der Waals surface area contributed by atoms with Gasteiger partial charge in [0.05, 0.1) is 6.61 Å². The smallest absolute Gasteiger partial charge is 0.144 e. The molecule has 1 aromatic carbocycles. The summed E-state index contributed by atoms with van der Waals surface area (Å²) in [5, 5.41) is 0. The molecule has 3 rings (SSSR count). The quantitative estimate of drug-likeness (QED) is 0.544. The molecule has 2 aromatic rings. The summed E-state index contributed by atoms with van der Waals surface area (Å²) in [7, 11) is 0. The predicted molar refractivity (Wildman–Crippen MR) is 92.8 cm³/mol. The van der Waals surface area contributed by atoms with E-state index in [4.69, 9.17) is 9.47 Å². The lowest BCUT2D eigenvalue weighted by Gasteiger charge is -2.26. The van der Waals surface area contributed by atoms with E-state index in [1.54, 1.807) is 6.08 Å². The summed E-state index contributed by atoms with van der Waals surface area (Å²) in [6.45, 7) is 9.07. The van der Waals surface area contributed by atoms with Gasteiger partial charge in [-0.2, -0.15) is 0 Å². The van der Waals surface area contributed by atoms with E-state index in [0.717, 1.165) is 41.2 Å². The molecule has 0 N–H and O–H groups in total. The van der Waals surface area contributed by atoms with Crippen molar-refractivity contribution in [3.8, 4) is 22.6 Å². The summed E-state index contributed by atoms with van der Waals surface area (Å²) in [6, 6.07) is 8.07. The van der Waals surface area contributed by atoms with Gasteiger partial charge in [-0.1, -0.05) is 20.4 Å². The fourth-order valence-electron chi connectivity index (χ4n) is 2.85. The van der Waals surface area contributed by atoms with Crippen molar-refractivity contribution in [2.75, 3.05) is 6.61 Å². The van der Waals surface area contributed by atoms with Gasteiger partial charge in [0.1, 0.15) is 17.6 Å². The molecule has 0 fully saturated rings. The van der Waals surface area contributed by atoms with Crippen LogP contribution in [-0.4, -0.2) is 11.6 Å². The van der Waals surface area contributed by atoms with Crippen LogP contribution in [0.3, 0.4) is 0 Å². The molecule has 0 bridgehead atoms. The van der Waals surface area contributed by atoms with E-state index in [1.807, 2.05) is 30.6 Å². The SMILES string of the molecule is C=CC1Oc2cc(OCCCC(C)C)ccc2-c2ccncc21. The lowest BCUT2D eigenvalue weighted by Crippen LogP contribution is -2.12. The fourth-order valence-corrected chi connectivity index (χ4v) is 2.85. The molecule has 0 amide bonds. The van der Waals surface area contributed by atoms with Crippen LogP contribution in [0.1, 0.15) is 38.4 Å². The highest BCUT2D eigenvalue weighted by atomic mass is 16.5. The Morgan fingerprint density at radius 1 is 1.30 bits per heavy atom. The maximum Gasteiger partial charge on any atom is 0.144 e. The van der Waals surface area contributed by atoms with Gasteiger partial charge in [-0.3, -0.25) is 4.98 Å². The van der Waals surface area contributed by atoms with Gasteiger partial charge in [0.2, 0.25) is 0 Å². The molecule has 120 valence electrons. The van der Waals surface area contributed by atoms with Crippen LogP contribution in [0.2, 0.25) is 0 Å². The molecule has 1 aliphatic heterocycles.